The van der Waals surface area contributed by atoms with Crippen molar-refractivity contribution in [2.45, 2.75) is 309 Å². The van der Waals surface area contributed by atoms with Crippen LogP contribution in [0.2, 0.25) is 0 Å². The molecule has 34 heteroatoms. The molecule has 1 heterocycles. The smallest absolute Gasteiger partial charge is 0.335 e. The van der Waals surface area contributed by atoms with E-state index in [-0.39, 0.29) is 148 Å². The molecular formula is C96H177N11O22S. The van der Waals surface area contributed by atoms with Crippen LogP contribution in [0.15, 0.2) is 33.9 Å². The fourth-order valence-electron chi connectivity index (χ4n) is 12.5. The first-order valence-electron chi connectivity index (χ1n) is 47.0. The van der Waals surface area contributed by atoms with E-state index in [1.54, 1.807) is 29.2 Å². The largest absolute Gasteiger partial charge is 0.408 e. The van der Waals surface area contributed by atoms with Crippen molar-refractivity contribution in [2.24, 2.45) is 32.5 Å². The Hall–Kier alpha value is -6.28. The molecule has 0 unspecified atom stereocenters. The zero-order valence-electron chi connectivity index (χ0n) is 85.2. The number of carbonyl (C=O) groups excluding carboxylic acids is 7. The Morgan fingerprint density at radius 1 is 0.346 bits per heavy atom. The molecule has 33 nitrogen and oxygen atoms in total. The zero-order valence-corrected chi connectivity index (χ0v) is 86.1. The molecule has 0 fully saturated rings. The molecule has 754 valence electrons. The average Bonchev–Trinajstić information content (AvgIpc) is 1.63. The number of carbonyl (C=O) groups is 7. The van der Waals surface area contributed by atoms with Crippen LogP contribution in [-0.2, 0) is 85.9 Å². The minimum absolute atomic E-state index is 0.00785. The van der Waals surface area contributed by atoms with Gasteiger partial charge in [-0.25, -0.2) is 18.0 Å². The summed E-state index contributed by atoms with van der Waals surface area (Å²) in [6.45, 7) is 63.1. The molecule has 0 radical (unpaired) electrons. The highest BCUT2D eigenvalue weighted by atomic mass is 32.2. The van der Waals surface area contributed by atoms with Crippen LogP contribution >= 0.6 is 0 Å². The van der Waals surface area contributed by atoms with E-state index in [4.69, 9.17) is 61.3 Å². The van der Waals surface area contributed by atoms with Gasteiger partial charge in [0.2, 0.25) is 39.4 Å². The van der Waals surface area contributed by atoms with Crippen molar-refractivity contribution in [1.29, 1.82) is 0 Å². The van der Waals surface area contributed by atoms with Gasteiger partial charge >= 0.3 is 17.3 Å². The highest BCUT2D eigenvalue weighted by molar-refractivity contribution is 7.90. The van der Waals surface area contributed by atoms with Gasteiger partial charge < -0.3 is 109 Å². The van der Waals surface area contributed by atoms with E-state index in [2.05, 4.69) is 122 Å². The summed E-state index contributed by atoms with van der Waals surface area (Å²) in [5.74, 6) is -0.714. The number of nitrogens with one attached hydrogen (secondary N) is 8. The summed E-state index contributed by atoms with van der Waals surface area (Å²) in [5.41, 5.74) is -3.11. The van der Waals surface area contributed by atoms with Crippen LogP contribution in [0.25, 0.3) is 11.5 Å². The minimum Gasteiger partial charge on any atom is -0.408 e. The number of benzene rings is 1. The van der Waals surface area contributed by atoms with Crippen molar-refractivity contribution >= 4 is 51.4 Å². The second kappa shape index (κ2) is 58.2. The van der Waals surface area contributed by atoms with E-state index >= 15 is 0 Å². The maximum Gasteiger partial charge on any atom is 0.335 e. The summed E-state index contributed by atoms with van der Waals surface area (Å²) in [6, 6.07) is 5.99. The summed E-state index contributed by atoms with van der Waals surface area (Å²) >= 11 is 0. The average molecular weight is 1870 g/mol. The number of ether oxygens (including phenoxy) is 12. The fraction of sp³-hybridized carbons (Fsp3) is 0.844. The number of aromatic nitrogens is 2. The molecule has 0 aliphatic heterocycles. The van der Waals surface area contributed by atoms with Gasteiger partial charge in [-0.3, -0.25) is 24.0 Å². The van der Waals surface area contributed by atoms with E-state index in [9.17, 15) is 42.0 Å². The number of rotatable bonds is 73. The topological polar surface area (TPSA) is 403 Å². The van der Waals surface area contributed by atoms with E-state index in [0.717, 1.165) is 31.9 Å². The minimum atomic E-state index is -3.72. The number of urea groups is 2. The molecule has 2 aromatic rings. The molecule has 1 aromatic heterocycles. The van der Waals surface area contributed by atoms with Crippen molar-refractivity contribution in [3.63, 3.8) is 0 Å². The molecule has 0 saturated carbocycles. The van der Waals surface area contributed by atoms with E-state index in [0.29, 0.717) is 181 Å². The highest BCUT2D eigenvalue weighted by Crippen LogP contribution is 2.33. The molecule has 1 aromatic carbocycles. The van der Waals surface area contributed by atoms with Crippen molar-refractivity contribution in [1.82, 2.24) is 57.6 Å². The molecule has 9 amide bonds. The lowest BCUT2D eigenvalue weighted by molar-refractivity contribution is -0.132. The summed E-state index contributed by atoms with van der Waals surface area (Å²) in [4.78, 5) is 93.0. The Labute approximate surface area is 781 Å². The van der Waals surface area contributed by atoms with Gasteiger partial charge in [0.05, 0.1) is 128 Å². The molecule has 0 spiro atoms. The second-order valence-corrected chi connectivity index (χ2v) is 45.1. The lowest BCUT2D eigenvalue weighted by atomic mass is 9.80. The molecule has 8 N–H and O–H groups in total. The molecular weight excluding hydrogens is 1690 g/mol. The van der Waals surface area contributed by atoms with Crippen LogP contribution in [0.1, 0.15) is 280 Å². The predicted molar refractivity (Wildman–Crippen MR) is 507 cm³/mol. The lowest BCUT2D eigenvalue weighted by Gasteiger charge is -2.32. The van der Waals surface area contributed by atoms with Gasteiger partial charge in [-0.1, -0.05) is 102 Å². The van der Waals surface area contributed by atoms with Gasteiger partial charge in [0, 0.05) is 131 Å². The molecule has 0 saturated heterocycles. The van der Waals surface area contributed by atoms with Gasteiger partial charge in [0.1, 0.15) is 0 Å². The molecule has 0 aliphatic rings. The second-order valence-electron chi connectivity index (χ2n) is 43.2. The zero-order chi connectivity index (χ0) is 98.2. The van der Waals surface area contributed by atoms with Crippen molar-refractivity contribution in [2.75, 3.05) is 191 Å². The van der Waals surface area contributed by atoms with E-state index in [1.807, 2.05) is 111 Å². The lowest BCUT2D eigenvalue weighted by Crippen LogP contribution is -2.50. The summed E-state index contributed by atoms with van der Waals surface area (Å²) in [7, 11) is -3.72. The van der Waals surface area contributed by atoms with Gasteiger partial charge in [0.15, 0.2) is 0 Å². The quantitative estimate of drug-likeness (QED) is 0.0285. The SMILES string of the molecule is CC(C)(C)CCC(C)(C)CNC(=O)NC(C)(C)CCOC(C)(C)CCNC(=O)C(C)(C)CCOC(C)(C)CCNC(=O)CCOCCOCCOCCOCCN(CCOCCOCCOCCOCCC(=O)NCCC(C)(C)OCCC(C)(C)C(=O)NCCC(C)(C)OCCC(C)(C)NC(=O)NCC(C)(C)CCC(C)(C)C)C(=O)c1ccc(-c2nnc(S(C)(=O)=O)o2)cc1. The Kier molecular flexibility index (Phi) is 53.6. The van der Waals surface area contributed by atoms with Gasteiger partial charge in [0.25, 0.3) is 5.91 Å². The normalized spacial score (nSPS) is 13.1. The first-order valence-corrected chi connectivity index (χ1v) is 48.9. The molecule has 0 bridgehead atoms. The van der Waals surface area contributed by atoms with Crippen LogP contribution in [0.3, 0.4) is 0 Å². The summed E-state index contributed by atoms with van der Waals surface area (Å²) in [6.07, 6.45) is 10.2. The number of nitrogens with zero attached hydrogens (tertiary/aromatic N) is 3. The van der Waals surface area contributed by atoms with E-state index in [1.165, 1.54) is 0 Å². The van der Waals surface area contributed by atoms with Crippen LogP contribution < -0.4 is 42.5 Å². The summed E-state index contributed by atoms with van der Waals surface area (Å²) in [5, 5.41) is 31.3. The third kappa shape index (κ3) is 59.5. The molecule has 0 aliphatic carbocycles. The molecule has 2 rings (SSSR count). The van der Waals surface area contributed by atoms with Crippen molar-refractivity contribution in [3.05, 3.63) is 29.8 Å². The van der Waals surface area contributed by atoms with Gasteiger partial charge in [-0.2, -0.15) is 0 Å². The first kappa shape index (κ1) is 120. The Morgan fingerprint density at radius 3 is 0.954 bits per heavy atom. The van der Waals surface area contributed by atoms with Crippen molar-refractivity contribution < 1.29 is 103 Å². The Bertz CT molecular complexity index is 3510. The molecule has 130 heavy (non-hydrogen) atoms. The summed E-state index contributed by atoms with van der Waals surface area (Å²) < 4.78 is 99.8. The van der Waals surface area contributed by atoms with Crippen LogP contribution in [0.4, 0.5) is 9.59 Å². The van der Waals surface area contributed by atoms with Crippen LogP contribution in [-0.4, -0.2) is 289 Å². The third-order valence-electron chi connectivity index (χ3n) is 22.3. The van der Waals surface area contributed by atoms with E-state index < -0.39 is 59.4 Å². The van der Waals surface area contributed by atoms with Crippen LogP contribution in [0.5, 0.6) is 0 Å². The Morgan fingerprint density at radius 2 is 0.646 bits per heavy atom. The fourth-order valence-corrected chi connectivity index (χ4v) is 12.9. The van der Waals surface area contributed by atoms with Crippen molar-refractivity contribution in [3.8, 4) is 11.5 Å². The number of hydrogen-bond donors (Lipinski definition) is 8. The maximum absolute atomic E-state index is 13.9. The predicted octanol–water partition coefficient (Wildman–Crippen LogP) is 13.2. The maximum atomic E-state index is 13.9. The third-order valence-corrected chi connectivity index (χ3v) is 23.1. The number of sulfone groups is 1. The Balaban J connectivity index is 1.60. The highest BCUT2D eigenvalue weighted by Gasteiger charge is 2.35. The van der Waals surface area contributed by atoms with Gasteiger partial charge in [-0.15, -0.1) is 5.10 Å². The number of amides is 9. The standard InChI is InChI=1S/C96H177N11O22S/c1-85(2,3)34-36-87(7,8)72-101-82(113)103-91(15,16)44-56-127-95(23,24)40-48-99-80(111)89(11,12)42-54-125-93(19,20)38-46-97-76(108)32-52-117-60-64-121-68-70-123-66-62-119-58-50-107(79(110)75-30-28-74(29-31-75)78-105-106-84(129-78)130(27,115)116)51-59-120-63-67-124-71-69-122-65-61-118-53-33-77(109)98-47-39-94(21,22)126-55-43-90(13,14)81(112)100-49-41-96(25,26)128-57-45-92(17,18)104-83(114)102-73-88(9,10)37-35-86(4,5)6/h28-31H,32-73H2,1-27H3,(H,97,108)(H,98,109)(H,99,111)(H,100,112)(H2,101,103,113)(H2,102,104,114). The van der Waals surface area contributed by atoms with Gasteiger partial charge in [-0.05, 0) is 206 Å². The monoisotopic (exact) mass is 1870 g/mol. The number of hydrogen-bond acceptors (Lipinski definition) is 24. The van der Waals surface area contributed by atoms with Crippen LogP contribution in [0, 0.1) is 32.5 Å². The first-order chi connectivity index (χ1) is 60.1. The molecule has 0 atom stereocenters.